The molecule has 3 nitrogen and oxygen atoms in total. The smallest absolute Gasteiger partial charge is 0.203 e. The summed E-state index contributed by atoms with van der Waals surface area (Å²) in [6, 6.07) is 12.1. The Kier molecular flexibility index (Phi) is 3.53. The van der Waals surface area contributed by atoms with Crippen LogP contribution in [0.3, 0.4) is 0 Å². The number of rotatable bonds is 0. The lowest BCUT2D eigenvalue weighted by Crippen LogP contribution is -2.35. The zero-order chi connectivity index (χ0) is 13.0. The minimum absolute atomic E-state index is 0.806. The lowest BCUT2D eigenvalue weighted by molar-refractivity contribution is -0.740. The van der Waals surface area contributed by atoms with Crippen LogP contribution in [0.15, 0.2) is 60.0 Å². The number of benzene rings is 1. The summed E-state index contributed by atoms with van der Waals surface area (Å²) in [6.45, 7) is 2.03. The van der Waals surface area contributed by atoms with Crippen molar-refractivity contribution in [3.63, 3.8) is 0 Å². The first-order valence-corrected chi connectivity index (χ1v) is 5.96. The van der Waals surface area contributed by atoms with Crippen LogP contribution < -0.4 is 0 Å². The van der Waals surface area contributed by atoms with E-state index in [2.05, 4.69) is 42.4 Å². The van der Waals surface area contributed by atoms with Crippen molar-refractivity contribution in [1.29, 1.82) is 0 Å². The molecular formula is C15H18N3+. The van der Waals surface area contributed by atoms with Crippen LogP contribution in [0.4, 0.5) is 0 Å². The highest BCUT2D eigenvalue weighted by atomic mass is 15.4. The van der Waals surface area contributed by atoms with E-state index in [-0.39, 0.29) is 0 Å². The van der Waals surface area contributed by atoms with Gasteiger partial charge in [-0.3, -0.25) is 9.47 Å². The highest BCUT2D eigenvalue weighted by molar-refractivity contribution is 5.77. The molecule has 1 aromatic heterocycles. The summed E-state index contributed by atoms with van der Waals surface area (Å²) in [5.74, 6) is 1.14. The number of fused-ring (bicyclic) bond motifs is 1. The van der Waals surface area contributed by atoms with Crippen molar-refractivity contribution < 1.29 is 4.48 Å². The maximum absolute atomic E-state index is 4.18. The van der Waals surface area contributed by atoms with E-state index in [4.69, 9.17) is 0 Å². The number of amidine groups is 1. The Morgan fingerprint density at radius 2 is 1.72 bits per heavy atom. The van der Waals surface area contributed by atoms with Crippen molar-refractivity contribution in [2.24, 2.45) is 4.99 Å². The maximum Gasteiger partial charge on any atom is 0.203 e. The zero-order valence-electron chi connectivity index (χ0n) is 11.0. The molecule has 1 aliphatic heterocycles. The summed E-state index contributed by atoms with van der Waals surface area (Å²) in [4.78, 5) is 8.28. The monoisotopic (exact) mass is 240 g/mol. The molecule has 0 fully saturated rings. The third kappa shape index (κ3) is 2.81. The number of hydrogen-bond acceptors (Lipinski definition) is 2. The van der Waals surface area contributed by atoms with Crippen LogP contribution >= 0.6 is 0 Å². The molecular weight excluding hydrogens is 222 g/mol. The molecule has 1 aromatic carbocycles. The lowest BCUT2D eigenvalue weighted by Gasteiger charge is -2.18. The summed E-state index contributed by atoms with van der Waals surface area (Å²) in [6.07, 6.45) is 5.70. The van der Waals surface area contributed by atoms with E-state index in [0.29, 0.717) is 0 Å². The molecule has 0 radical (unpaired) electrons. The predicted octanol–water partition coefficient (Wildman–Crippen LogP) is 3.20. The average molecular weight is 240 g/mol. The summed E-state index contributed by atoms with van der Waals surface area (Å²) < 4.78 is 0.806. The van der Waals surface area contributed by atoms with Gasteiger partial charge in [0.2, 0.25) is 5.84 Å². The minimum atomic E-state index is 0.806. The Hall–Kier alpha value is -2.00. The fourth-order valence-corrected chi connectivity index (χ4v) is 1.58. The molecule has 0 unspecified atom stereocenters. The van der Waals surface area contributed by atoms with Crippen LogP contribution in [-0.2, 0) is 0 Å². The molecule has 0 amide bonds. The van der Waals surface area contributed by atoms with Gasteiger partial charge in [0.1, 0.15) is 6.20 Å². The third-order valence-corrected chi connectivity index (χ3v) is 3.05. The molecule has 3 rings (SSSR count). The van der Waals surface area contributed by atoms with E-state index in [9.17, 15) is 0 Å². The summed E-state index contributed by atoms with van der Waals surface area (Å²) in [7, 11) is 4.20. The van der Waals surface area contributed by atoms with E-state index in [1.807, 2.05) is 43.6 Å². The van der Waals surface area contributed by atoms with Crippen molar-refractivity contribution in [2.45, 2.75) is 6.92 Å². The topological polar surface area (TPSA) is 25.2 Å². The molecule has 3 heteroatoms. The molecule has 2 aromatic rings. The Morgan fingerprint density at radius 1 is 1.00 bits per heavy atom. The predicted molar refractivity (Wildman–Crippen MR) is 76.1 cm³/mol. The van der Waals surface area contributed by atoms with Crippen molar-refractivity contribution in [1.82, 2.24) is 4.98 Å². The van der Waals surface area contributed by atoms with Crippen molar-refractivity contribution in [3.8, 4) is 0 Å². The number of para-hydroxylation sites is 1. The average Bonchev–Trinajstić information content (AvgIpc) is 2.69. The standard InChI is InChI=1S/C9H7N.C6H11N2/c1-2-6-9-8(4-1)5-3-7-10-9;1-6-7-4-5-8(6,2)3/h1-7H;4-5H,1-3H3/q;+1. The minimum Gasteiger partial charge on any atom is -0.256 e. The molecule has 18 heavy (non-hydrogen) atoms. The van der Waals surface area contributed by atoms with Gasteiger partial charge in [0.25, 0.3) is 0 Å². The van der Waals surface area contributed by atoms with Gasteiger partial charge in [-0.25, -0.2) is 4.99 Å². The fourth-order valence-electron chi connectivity index (χ4n) is 1.58. The molecule has 2 heterocycles. The van der Waals surface area contributed by atoms with Crippen LogP contribution in [0.2, 0.25) is 0 Å². The molecule has 0 atom stereocenters. The quantitative estimate of drug-likeness (QED) is 0.649. The van der Waals surface area contributed by atoms with Gasteiger partial charge in [-0.05, 0) is 12.1 Å². The van der Waals surface area contributed by atoms with Gasteiger partial charge in [-0.1, -0.05) is 24.3 Å². The second-order valence-corrected chi connectivity index (χ2v) is 4.71. The number of quaternary nitrogens is 1. The second kappa shape index (κ2) is 5.10. The largest absolute Gasteiger partial charge is 0.256 e. The molecule has 92 valence electrons. The molecule has 0 bridgehead atoms. The Bertz CT molecular complexity index is 532. The molecule has 0 aliphatic carbocycles. The van der Waals surface area contributed by atoms with Crippen molar-refractivity contribution >= 4 is 16.7 Å². The van der Waals surface area contributed by atoms with Crippen LogP contribution in [0.5, 0.6) is 0 Å². The molecule has 0 spiro atoms. The van der Waals surface area contributed by atoms with Crippen molar-refractivity contribution in [2.75, 3.05) is 14.1 Å². The highest BCUT2D eigenvalue weighted by Crippen LogP contribution is 2.08. The number of aliphatic imine (C=N–C) groups is 1. The van der Waals surface area contributed by atoms with Crippen LogP contribution in [0.1, 0.15) is 6.92 Å². The van der Waals surface area contributed by atoms with Crippen molar-refractivity contribution in [3.05, 3.63) is 55.0 Å². The van der Waals surface area contributed by atoms with E-state index in [1.165, 1.54) is 5.39 Å². The highest BCUT2D eigenvalue weighted by Gasteiger charge is 2.19. The Morgan fingerprint density at radius 3 is 2.28 bits per heavy atom. The maximum atomic E-state index is 4.18. The molecule has 1 aliphatic rings. The first-order valence-electron chi connectivity index (χ1n) is 5.96. The SMILES string of the molecule is CC1=NC=C[N+]1(C)C.c1ccc2ncccc2c1. The van der Waals surface area contributed by atoms with Gasteiger partial charge in [0.15, 0.2) is 0 Å². The summed E-state index contributed by atoms with van der Waals surface area (Å²) >= 11 is 0. The molecule has 0 saturated heterocycles. The van der Waals surface area contributed by atoms with E-state index in [0.717, 1.165) is 15.8 Å². The van der Waals surface area contributed by atoms with Gasteiger partial charge in [0.05, 0.1) is 25.8 Å². The zero-order valence-corrected chi connectivity index (χ0v) is 11.0. The fraction of sp³-hybridized carbons (Fsp3) is 0.200. The van der Waals surface area contributed by atoms with Crippen LogP contribution in [0.25, 0.3) is 10.9 Å². The van der Waals surface area contributed by atoms with Crippen LogP contribution in [-0.4, -0.2) is 29.4 Å². The van der Waals surface area contributed by atoms with E-state index in [1.54, 1.807) is 0 Å². The van der Waals surface area contributed by atoms with Gasteiger partial charge in [-0.15, -0.1) is 0 Å². The molecule has 0 N–H and O–H groups in total. The molecule has 0 saturated carbocycles. The summed E-state index contributed by atoms with van der Waals surface area (Å²) in [5, 5.41) is 1.20. The number of hydrogen-bond donors (Lipinski definition) is 0. The number of nitrogens with zero attached hydrogens (tertiary/aromatic N) is 3. The Balaban J connectivity index is 0.000000138. The lowest BCUT2D eigenvalue weighted by atomic mass is 10.2. The first-order chi connectivity index (χ1) is 8.59. The van der Waals surface area contributed by atoms with Gasteiger partial charge in [-0.2, -0.15) is 0 Å². The second-order valence-electron chi connectivity index (χ2n) is 4.71. The van der Waals surface area contributed by atoms with Crippen LogP contribution in [0, 0.1) is 0 Å². The van der Waals surface area contributed by atoms with Gasteiger partial charge in [0, 0.05) is 18.5 Å². The first kappa shape index (κ1) is 12.5. The van der Waals surface area contributed by atoms with E-state index >= 15 is 0 Å². The van der Waals surface area contributed by atoms with Gasteiger partial charge >= 0.3 is 0 Å². The summed E-state index contributed by atoms with van der Waals surface area (Å²) in [5.41, 5.74) is 1.06. The van der Waals surface area contributed by atoms with Gasteiger partial charge < -0.3 is 0 Å². The third-order valence-electron chi connectivity index (χ3n) is 3.05. The van der Waals surface area contributed by atoms with E-state index < -0.39 is 0 Å². The normalized spacial score (nSPS) is 16.1. The number of aromatic nitrogens is 1. The Labute approximate surface area is 108 Å². The number of pyridine rings is 1.